The van der Waals surface area contributed by atoms with Crippen molar-refractivity contribution in [3.8, 4) is 17.2 Å². The van der Waals surface area contributed by atoms with Gasteiger partial charge in [-0.05, 0) is 85.1 Å². The SMILES string of the molecule is CCCOc1ccc(C(=O)Oc2ccc(/C=N\NC(=O)[C@@H](CC)Oc3ccc(Cl)cc3Cl)cc2)cc1. The second-order valence-corrected chi connectivity index (χ2v) is 8.50. The molecule has 3 rings (SSSR count). The van der Waals surface area contributed by atoms with Gasteiger partial charge in [-0.2, -0.15) is 5.10 Å². The second-order valence-electron chi connectivity index (χ2n) is 7.66. The van der Waals surface area contributed by atoms with Gasteiger partial charge in [-0.15, -0.1) is 0 Å². The molecule has 0 aliphatic carbocycles. The third-order valence-corrected chi connectivity index (χ3v) is 5.40. The molecule has 0 spiro atoms. The molecule has 3 aromatic rings. The first kappa shape index (κ1) is 27.0. The van der Waals surface area contributed by atoms with Crippen LogP contribution in [-0.2, 0) is 4.79 Å². The van der Waals surface area contributed by atoms with E-state index in [1.165, 1.54) is 6.21 Å². The lowest BCUT2D eigenvalue weighted by Gasteiger charge is -2.16. The van der Waals surface area contributed by atoms with Crippen LogP contribution in [0.2, 0.25) is 10.0 Å². The summed E-state index contributed by atoms with van der Waals surface area (Å²) in [6.45, 7) is 4.46. The number of nitrogens with zero attached hydrogens (tertiary/aromatic N) is 1. The van der Waals surface area contributed by atoms with Crippen LogP contribution in [0.3, 0.4) is 0 Å². The molecule has 0 fully saturated rings. The van der Waals surface area contributed by atoms with Crippen LogP contribution in [0.15, 0.2) is 71.8 Å². The Bertz CT molecular complexity index is 1200. The summed E-state index contributed by atoms with van der Waals surface area (Å²) in [6.07, 6.45) is 2.01. The highest BCUT2D eigenvalue weighted by atomic mass is 35.5. The average Bonchev–Trinajstić information content (AvgIpc) is 2.88. The molecule has 188 valence electrons. The molecule has 0 aliphatic heterocycles. The molecule has 0 radical (unpaired) electrons. The summed E-state index contributed by atoms with van der Waals surface area (Å²) in [4.78, 5) is 24.8. The van der Waals surface area contributed by atoms with Gasteiger partial charge in [0.25, 0.3) is 5.91 Å². The number of halogens is 2. The Morgan fingerprint density at radius 3 is 2.31 bits per heavy atom. The third kappa shape index (κ3) is 8.00. The monoisotopic (exact) mass is 528 g/mol. The maximum Gasteiger partial charge on any atom is 0.343 e. The van der Waals surface area contributed by atoms with Crippen molar-refractivity contribution in [1.29, 1.82) is 0 Å². The van der Waals surface area contributed by atoms with E-state index in [0.29, 0.717) is 51.4 Å². The van der Waals surface area contributed by atoms with Crippen molar-refractivity contribution < 1.29 is 23.8 Å². The maximum atomic E-state index is 12.4. The fourth-order valence-electron chi connectivity index (χ4n) is 2.98. The van der Waals surface area contributed by atoms with Crippen LogP contribution in [0.5, 0.6) is 17.2 Å². The summed E-state index contributed by atoms with van der Waals surface area (Å²) in [5, 5.41) is 4.77. The lowest BCUT2D eigenvalue weighted by molar-refractivity contribution is -0.128. The number of esters is 1. The molecule has 1 atom stereocenters. The van der Waals surface area contributed by atoms with E-state index in [-0.39, 0.29) is 0 Å². The molecule has 36 heavy (non-hydrogen) atoms. The van der Waals surface area contributed by atoms with E-state index in [1.807, 2.05) is 13.8 Å². The molecule has 0 unspecified atom stereocenters. The van der Waals surface area contributed by atoms with Gasteiger partial charge in [0.1, 0.15) is 17.2 Å². The summed E-state index contributed by atoms with van der Waals surface area (Å²) in [5.41, 5.74) is 3.57. The molecule has 3 aromatic carbocycles. The predicted molar refractivity (Wildman–Crippen MR) is 141 cm³/mol. The predicted octanol–water partition coefficient (Wildman–Crippen LogP) is 6.31. The van der Waals surface area contributed by atoms with Gasteiger partial charge in [0.15, 0.2) is 6.10 Å². The summed E-state index contributed by atoms with van der Waals surface area (Å²) in [6, 6.07) is 18.3. The highest BCUT2D eigenvalue weighted by Crippen LogP contribution is 2.28. The number of carbonyl (C=O) groups is 2. The Morgan fingerprint density at radius 2 is 1.67 bits per heavy atom. The number of carbonyl (C=O) groups excluding carboxylic acids is 2. The molecule has 0 aromatic heterocycles. The number of rotatable bonds is 11. The standard InChI is InChI=1S/C27H26Cl2N2O5/c1-3-15-34-21-12-7-19(8-13-21)27(33)35-22-10-5-18(6-11-22)17-30-31-26(32)24(4-2)36-25-14-9-20(28)16-23(25)29/h5-14,16-17,24H,3-4,15H2,1-2H3,(H,31,32)/b30-17-/t24-/m1/s1. The van der Waals surface area contributed by atoms with E-state index >= 15 is 0 Å². The Labute approximate surface area is 220 Å². The van der Waals surface area contributed by atoms with Crippen LogP contribution in [-0.4, -0.2) is 30.8 Å². The molecule has 0 bridgehead atoms. The number of ether oxygens (including phenoxy) is 3. The normalized spacial score (nSPS) is 11.7. The van der Waals surface area contributed by atoms with Crippen LogP contribution < -0.4 is 19.6 Å². The van der Waals surface area contributed by atoms with Crippen molar-refractivity contribution in [2.24, 2.45) is 5.10 Å². The number of hydrogen-bond acceptors (Lipinski definition) is 6. The second kappa shape index (κ2) is 13.5. The minimum atomic E-state index is -0.783. The van der Waals surface area contributed by atoms with Crippen molar-refractivity contribution in [2.75, 3.05) is 6.61 Å². The summed E-state index contributed by atoms with van der Waals surface area (Å²) < 4.78 is 16.6. The first-order chi connectivity index (χ1) is 17.4. The van der Waals surface area contributed by atoms with E-state index in [9.17, 15) is 9.59 Å². The number of nitrogens with one attached hydrogen (secondary N) is 1. The van der Waals surface area contributed by atoms with E-state index in [1.54, 1.807) is 66.7 Å². The molecule has 7 nitrogen and oxygen atoms in total. The van der Waals surface area contributed by atoms with Crippen LogP contribution >= 0.6 is 23.2 Å². The summed E-state index contributed by atoms with van der Waals surface area (Å²) >= 11 is 12.0. The number of benzene rings is 3. The number of hydrazone groups is 1. The van der Waals surface area contributed by atoms with E-state index in [0.717, 1.165) is 6.42 Å². The van der Waals surface area contributed by atoms with E-state index in [2.05, 4.69) is 10.5 Å². The molecule has 0 aliphatic rings. The van der Waals surface area contributed by atoms with Crippen LogP contribution in [0.25, 0.3) is 0 Å². The van der Waals surface area contributed by atoms with Crippen molar-refractivity contribution in [3.63, 3.8) is 0 Å². The minimum Gasteiger partial charge on any atom is -0.494 e. The van der Waals surface area contributed by atoms with Gasteiger partial charge < -0.3 is 14.2 Å². The molecule has 0 heterocycles. The first-order valence-electron chi connectivity index (χ1n) is 11.4. The Balaban J connectivity index is 1.51. The fraction of sp³-hybridized carbons (Fsp3) is 0.222. The van der Waals surface area contributed by atoms with Crippen LogP contribution in [0.1, 0.15) is 42.6 Å². The number of hydrogen-bond donors (Lipinski definition) is 1. The van der Waals surface area contributed by atoms with Crippen molar-refractivity contribution in [3.05, 3.63) is 87.9 Å². The van der Waals surface area contributed by atoms with Gasteiger partial charge in [-0.1, -0.05) is 37.0 Å². The largest absolute Gasteiger partial charge is 0.494 e. The van der Waals surface area contributed by atoms with E-state index < -0.39 is 18.0 Å². The van der Waals surface area contributed by atoms with Gasteiger partial charge in [0, 0.05) is 5.02 Å². The van der Waals surface area contributed by atoms with Crippen molar-refractivity contribution >= 4 is 41.3 Å². The van der Waals surface area contributed by atoms with Gasteiger partial charge in [0.05, 0.1) is 23.4 Å². The zero-order chi connectivity index (χ0) is 25.9. The lowest BCUT2D eigenvalue weighted by Crippen LogP contribution is -2.35. The Hall–Kier alpha value is -3.55. The average molecular weight is 529 g/mol. The van der Waals surface area contributed by atoms with Crippen molar-refractivity contribution in [2.45, 2.75) is 32.8 Å². The van der Waals surface area contributed by atoms with Gasteiger partial charge in [0.2, 0.25) is 0 Å². The number of amides is 1. The summed E-state index contributed by atoms with van der Waals surface area (Å²) in [5.74, 6) is 0.549. The zero-order valence-electron chi connectivity index (χ0n) is 19.9. The molecule has 1 N–H and O–H groups in total. The van der Waals surface area contributed by atoms with E-state index in [4.69, 9.17) is 37.4 Å². The fourth-order valence-corrected chi connectivity index (χ4v) is 3.44. The Kier molecular flexibility index (Phi) is 10.2. The zero-order valence-corrected chi connectivity index (χ0v) is 21.4. The molecule has 0 saturated carbocycles. The van der Waals surface area contributed by atoms with Gasteiger partial charge in [-0.25, -0.2) is 10.2 Å². The first-order valence-corrected chi connectivity index (χ1v) is 12.1. The molecular formula is C27H26Cl2N2O5. The summed E-state index contributed by atoms with van der Waals surface area (Å²) in [7, 11) is 0. The molecule has 9 heteroatoms. The smallest absolute Gasteiger partial charge is 0.343 e. The van der Waals surface area contributed by atoms with Crippen molar-refractivity contribution in [1.82, 2.24) is 5.43 Å². The third-order valence-electron chi connectivity index (χ3n) is 4.87. The molecule has 0 saturated heterocycles. The maximum absolute atomic E-state index is 12.4. The van der Waals surface area contributed by atoms with Gasteiger partial charge >= 0.3 is 5.97 Å². The highest BCUT2D eigenvalue weighted by Gasteiger charge is 2.19. The van der Waals surface area contributed by atoms with Crippen LogP contribution in [0.4, 0.5) is 0 Å². The quantitative estimate of drug-likeness (QED) is 0.136. The molecule has 1 amide bonds. The topological polar surface area (TPSA) is 86.2 Å². The molecular weight excluding hydrogens is 503 g/mol. The lowest BCUT2D eigenvalue weighted by atomic mass is 10.2. The highest BCUT2D eigenvalue weighted by molar-refractivity contribution is 6.35. The van der Waals surface area contributed by atoms with Gasteiger partial charge in [-0.3, -0.25) is 4.79 Å². The Morgan fingerprint density at radius 1 is 0.972 bits per heavy atom. The minimum absolute atomic E-state index is 0.316. The van der Waals surface area contributed by atoms with Crippen LogP contribution in [0, 0.1) is 0 Å².